The van der Waals surface area contributed by atoms with Gasteiger partial charge in [-0.2, -0.15) is 0 Å². The first-order chi connectivity index (χ1) is 12.0. The number of benzene rings is 1. The van der Waals surface area contributed by atoms with Gasteiger partial charge in [0.2, 0.25) is 0 Å². The molecular formula is C20H26N2O3. The van der Waals surface area contributed by atoms with Crippen LogP contribution in [0.15, 0.2) is 18.2 Å². The highest BCUT2D eigenvalue weighted by Gasteiger charge is 2.21. The lowest BCUT2D eigenvalue weighted by Crippen LogP contribution is -2.35. The van der Waals surface area contributed by atoms with Crippen LogP contribution >= 0.6 is 0 Å². The zero-order valence-electron chi connectivity index (χ0n) is 15.1. The molecule has 1 heterocycles. The van der Waals surface area contributed by atoms with Gasteiger partial charge in [-0.05, 0) is 62.3 Å². The first-order valence-electron chi connectivity index (χ1n) is 9.07. The molecule has 1 aliphatic rings. The number of nitrogens with one attached hydrogen (secondary N) is 2. The molecule has 0 unspecified atom stereocenters. The molecule has 5 nitrogen and oxygen atoms in total. The minimum Gasteiger partial charge on any atom is -0.452 e. The highest BCUT2D eigenvalue weighted by Crippen LogP contribution is 2.32. The lowest BCUT2D eigenvalue weighted by molar-refractivity contribution is -0.124. The van der Waals surface area contributed by atoms with E-state index < -0.39 is 5.97 Å². The highest BCUT2D eigenvalue weighted by molar-refractivity contribution is 5.97. The number of amides is 1. The Hall–Kier alpha value is -2.30. The van der Waals surface area contributed by atoms with Gasteiger partial charge in [0.15, 0.2) is 6.61 Å². The minimum atomic E-state index is -0.458. The third kappa shape index (κ3) is 3.86. The van der Waals surface area contributed by atoms with Crippen LogP contribution in [0.2, 0.25) is 0 Å². The Kier molecular flexibility index (Phi) is 5.11. The quantitative estimate of drug-likeness (QED) is 0.819. The monoisotopic (exact) mass is 342 g/mol. The third-order valence-electron chi connectivity index (χ3n) is 5.02. The van der Waals surface area contributed by atoms with Crippen LogP contribution in [0.4, 0.5) is 0 Å². The number of aryl methyl sites for hydroxylation is 1. The smallest absolute Gasteiger partial charge is 0.338 e. The largest absolute Gasteiger partial charge is 0.452 e. The fraction of sp³-hybridized carbons (Fsp3) is 0.500. The number of aromatic nitrogens is 1. The Labute approximate surface area is 148 Å². The van der Waals surface area contributed by atoms with E-state index in [1.165, 1.54) is 17.7 Å². The molecule has 0 radical (unpaired) electrons. The van der Waals surface area contributed by atoms with E-state index in [1.54, 1.807) is 6.07 Å². The average molecular weight is 342 g/mol. The van der Waals surface area contributed by atoms with Gasteiger partial charge in [-0.15, -0.1) is 0 Å². The van der Waals surface area contributed by atoms with E-state index in [-0.39, 0.29) is 18.6 Å². The van der Waals surface area contributed by atoms with Crippen molar-refractivity contribution in [3.63, 3.8) is 0 Å². The SMILES string of the molecule is CC[C@@H](C)NC(=O)COC(=O)c1ccc2[nH]c3c(c2c1)C[C@@H](C)CC3. The van der Waals surface area contributed by atoms with Gasteiger partial charge < -0.3 is 15.0 Å². The zero-order chi connectivity index (χ0) is 18.0. The molecule has 0 bridgehead atoms. The molecule has 0 saturated heterocycles. The summed E-state index contributed by atoms with van der Waals surface area (Å²) < 4.78 is 5.16. The summed E-state index contributed by atoms with van der Waals surface area (Å²) in [6.07, 6.45) is 4.12. The van der Waals surface area contributed by atoms with Crippen LogP contribution in [0, 0.1) is 5.92 Å². The van der Waals surface area contributed by atoms with Crippen LogP contribution in [-0.2, 0) is 22.4 Å². The molecule has 0 saturated carbocycles. The fourth-order valence-electron chi connectivity index (χ4n) is 3.35. The second-order valence-corrected chi connectivity index (χ2v) is 7.14. The van der Waals surface area contributed by atoms with Gasteiger partial charge in [0.25, 0.3) is 5.91 Å². The lowest BCUT2D eigenvalue weighted by Gasteiger charge is -2.18. The van der Waals surface area contributed by atoms with Crippen molar-refractivity contribution in [3.8, 4) is 0 Å². The second kappa shape index (κ2) is 7.30. The summed E-state index contributed by atoms with van der Waals surface area (Å²) in [6.45, 7) is 5.92. The van der Waals surface area contributed by atoms with Crippen molar-refractivity contribution in [3.05, 3.63) is 35.0 Å². The maximum atomic E-state index is 12.3. The molecule has 0 spiro atoms. The number of esters is 1. The van der Waals surface area contributed by atoms with Crippen LogP contribution in [0.3, 0.4) is 0 Å². The highest BCUT2D eigenvalue weighted by atomic mass is 16.5. The van der Waals surface area contributed by atoms with Crippen molar-refractivity contribution < 1.29 is 14.3 Å². The van der Waals surface area contributed by atoms with E-state index in [0.717, 1.165) is 30.2 Å². The summed E-state index contributed by atoms with van der Waals surface area (Å²) in [5.74, 6) is -0.0667. The van der Waals surface area contributed by atoms with E-state index >= 15 is 0 Å². The summed E-state index contributed by atoms with van der Waals surface area (Å²) in [4.78, 5) is 27.5. The maximum Gasteiger partial charge on any atom is 0.338 e. The zero-order valence-corrected chi connectivity index (χ0v) is 15.1. The summed E-state index contributed by atoms with van der Waals surface area (Å²) in [5.41, 5.74) is 4.15. The van der Waals surface area contributed by atoms with Crippen molar-refractivity contribution >= 4 is 22.8 Å². The number of carbonyl (C=O) groups excluding carboxylic acids is 2. The molecule has 2 aromatic rings. The van der Waals surface area contributed by atoms with E-state index in [4.69, 9.17) is 4.74 Å². The van der Waals surface area contributed by atoms with Crippen molar-refractivity contribution in [2.45, 2.75) is 52.5 Å². The number of aromatic amines is 1. The van der Waals surface area contributed by atoms with Crippen molar-refractivity contribution in [2.24, 2.45) is 5.92 Å². The van der Waals surface area contributed by atoms with E-state index in [1.807, 2.05) is 26.0 Å². The van der Waals surface area contributed by atoms with Gasteiger partial charge >= 0.3 is 5.97 Å². The molecule has 5 heteroatoms. The Morgan fingerprint density at radius 2 is 2.20 bits per heavy atom. The van der Waals surface area contributed by atoms with Gasteiger partial charge in [-0.1, -0.05) is 13.8 Å². The first kappa shape index (κ1) is 17.5. The molecular weight excluding hydrogens is 316 g/mol. The number of H-pyrrole nitrogens is 1. The van der Waals surface area contributed by atoms with Gasteiger partial charge in [-0.25, -0.2) is 4.79 Å². The first-order valence-corrected chi connectivity index (χ1v) is 9.07. The summed E-state index contributed by atoms with van der Waals surface area (Å²) in [5, 5.41) is 3.88. The molecule has 134 valence electrons. The van der Waals surface area contributed by atoms with Gasteiger partial charge in [0.05, 0.1) is 5.56 Å². The summed E-state index contributed by atoms with van der Waals surface area (Å²) in [6, 6.07) is 5.64. The predicted octanol–water partition coefficient (Wildman–Crippen LogP) is 3.36. The molecule has 1 amide bonds. The molecule has 0 aliphatic heterocycles. The molecule has 1 aliphatic carbocycles. The number of hydrogen-bond acceptors (Lipinski definition) is 3. The summed E-state index contributed by atoms with van der Waals surface area (Å²) in [7, 11) is 0. The Morgan fingerprint density at radius 3 is 2.96 bits per heavy atom. The van der Waals surface area contributed by atoms with Crippen LogP contribution < -0.4 is 5.32 Å². The Balaban J connectivity index is 1.72. The number of carbonyl (C=O) groups is 2. The van der Waals surface area contributed by atoms with Gasteiger partial charge in [0, 0.05) is 22.6 Å². The maximum absolute atomic E-state index is 12.3. The molecule has 2 atom stereocenters. The predicted molar refractivity (Wildman–Crippen MR) is 97.7 cm³/mol. The minimum absolute atomic E-state index is 0.0796. The molecule has 0 fully saturated rings. The van der Waals surface area contributed by atoms with Crippen LogP contribution in [0.1, 0.15) is 55.2 Å². The fourth-order valence-corrected chi connectivity index (χ4v) is 3.35. The van der Waals surface area contributed by atoms with Crippen molar-refractivity contribution in [1.29, 1.82) is 0 Å². The van der Waals surface area contributed by atoms with Crippen LogP contribution in [-0.4, -0.2) is 29.5 Å². The second-order valence-electron chi connectivity index (χ2n) is 7.14. The third-order valence-corrected chi connectivity index (χ3v) is 5.02. The standard InChI is InChI=1S/C20H26N2O3/c1-4-13(3)21-19(23)11-25-20(24)14-6-8-18-16(10-14)15-9-12(2)5-7-17(15)22-18/h6,8,10,12-13,22H,4-5,7,9,11H2,1-3H3,(H,21,23)/t12-,13+/m0/s1. The normalized spacial score (nSPS) is 17.8. The van der Waals surface area contributed by atoms with E-state index in [2.05, 4.69) is 17.2 Å². The van der Waals surface area contributed by atoms with Crippen molar-refractivity contribution in [2.75, 3.05) is 6.61 Å². The van der Waals surface area contributed by atoms with Crippen LogP contribution in [0.5, 0.6) is 0 Å². The van der Waals surface area contributed by atoms with Crippen molar-refractivity contribution in [1.82, 2.24) is 10.3 Å². The van der Waals surface area contributed by atoms with Gasteiger partial charge in [0.1, 0.15) is 0 Å². The number of fused-ring (bicyclic) bond motifs is 3. The summed E-state index contributed by atoms with van der Waals surface area (Å²) >= 11 is 0. The van der Waals surface area contributed by atoms with E-state index in [9.17, 15) is 9.59 Å². The molecule has 1 aromatic heterocycles. The molecule has 1 aromatic carbocycles. The van der Waals surface area contributed by atoms with Gasteiger partial charge in [-0.3, -0.25) is 4.79 Å². The number of ether oxygens (including phenoxy) is 1. The Morgan fingerprint density at radius 1 is 1.40 bits per heavy atom. The lowest BCUT2D eigenvalue weighted by atomic mass is 9.87. The number of hydrogen-bond donors (Lipinski definition) is 2. The molecule has 3 rings (SSSR count). The average Bonchev–Trinajstić information content (AvgIpc) is 2.96. The Bertz CT molecular complexity index is 794. The van der Waals surface area contributed by atoms with Crippen LogP contribution in [0.25, 0.3) is 10.9 Å². The molecule has 2 N–H and O–H groups in total. The topological polar surface area (TPSA) is 71.2 Å². The molecule has 25 heavy (non-hydrogen) atoms. The number of rotatable bonds is 5. The van der Waals surface area contributed by atoms with E-state index in [0.29, 0.717) is 11.5 Å².